The number of ether oxygens (including phenoxy) is 1. The molecule has 1 aliphatic rings. The summed E-state index contributed by atoms with van der Waals surface area (Å²) in [5, 5.41) is 7.70. The Morgan fingerprint density at radius 2 is 2.18 bits per heavy atom. The first-order valence-electron chi connectivity index (χ1n) is 4.23. The molecule has 1 heterocycles. The second-order valence-electron chi connectivity index (χ2n) is 2.55. The van der Waals surface area contributed by atoms with Crippen molar-refractivity contribution in [2.75, 3.05) is 13.2 Å². The summed E-state index contributed by atoms with van der Waals surface area (Å²) >= 11 is 0. The quantitative estimate of drug-likeness (QED) is 0.298. The SMILES string of the molecule is CCC1CO1.CCCCOO. The van der Waals surface area contributed by atoms with Gasteiger partial charge in [0.25, 0.3) is 0 Å². The van der Waals surface area contributed by atoms with Crippen LogP contribution in [-0.4, -0.2) is 24.6 Å². The zero-order valence-electron chi connectivity index (χ0n) is 7.38. The lowest BCUT2D eigenvalue weighted by Gasteiger charge is -1.87. The van der Waals surface area contributed by atoms with Crippen molar-refractivity contribution < 1.29 is 14.9 Å². The maximum atomic E-state index is 7.70. The minimum atomic E-state index is 0.469. The Bertz CT molecular complexity index is 67.7. The van der Waals surface area contributed by atoms with Gasteiger partial charge in [-0.15, -0.1) is 0 Å². The van der Waals surface area contributed by atoms with E-state index in [0.29, 0.717) is 12.7 Å². The fourth-order valence-electron chi connectivity index (χ4n) is 0.513. The summed E-state index contributed by atoms with van der Waals surface area (Å²) in [6.45, 7) is 5.66. The molecular formula is C8H18O3. The van der Waals surface area contributed by atoms with E-state index in [4.69, 9.17) is 9.99 Å². The largest absolute Gasteiger partial charge is 0.373 e. The summed E-state index contributed by atoms with van der Waals surface area (Å²) in [6, 6.07) is 0. The molecule has 0 amide bonds. The predicted octanol–water partition coefficient (Wildman–Crippen LogP) is 2.07. The Labute approximate surface area is 68.2 Å². The predicted molar refractivity (Wildman–Crippen MR) is 43.5 cm³/mol. The highest BCUT2D eigenvalue weighted by Crippen LogP contribution is 2.10. The molecule has 0 aromatic carbocycles. The lowest BCUT2D eigenvalue weighted by Crippen LogP contribution is -1.84. The van der Waals surface area contributed by atoms with Crippen LogP contribution in [0.1, 0.15) is 33.1 Å². The van der Waals surface area contributed by atoms with E-state index in [1.165, 1.54) is 6.42 Å². The summed E-state index contributed by atoms with van der Waals surface area (Å²) in [6.07, 6.45) is 3.84. The monoisotopic (exact) mass is 162 g/mol. The third kappa shape index (κ3) is 9.88. The van der Waals surface area contributed by atoms with Gasteiger partial charge < -0.3 is 4.74 Å². The minimum absolute atomic E-state index is 0.469. The van der Waals surface area contributed by atoms with Gasteiger partial charge in [0.05, 0.1) is 19.3 Å². The summed E-state index contributed by atoms with van der Waals surface area (Å²) in [7, 11) is 0. The van der Waals surface area contributed by atoms with E-state index in [9.17, 15) is 0 Å². The molecule has 1 rings (SSSR count). The molecule has 1 fully saturated rings. The number of hydrogen-bond donors (Lipinski definition) is 1. The average molecular weight is 162 g/mol. The zero-order chi connectivity index (χ0) is 8.53. The van der Waals surface area contributed by atoms with E-state index in [1.807, 2.05) is 6.92 Å². The van der Waals surface area contributed by atoms with Crippen LogP contribution in [0.3, 0.4) is 0 Å². The molecule has 68 valence electrons. The normalized spacial score (nSPS) is 20.5. The zero-order valence-corrected chi connectivity index (χ0v) is 7.38. The molecule has 0 bridgehead atoms. The Kier molecular flexibility index (Phi) is 7.89. The summed E-state index contributed by atoms with van der Waals surface area (Å²) in [4.78, 5) is 3.78. The number of unbranched alkanes of at least 4 members (excludes halogenated alkanes) is 1. The number of rotatable bonds is 4. The maximum absolute atomic E-state index is 7.70. The van der Waals surface area contributed by atoms with Gasteiger partial charge in [-0.1, -0.05) is 20.3 Å². The highest BCUT2D eigenvalue weighted by atomic mass is 17.1. The molecule has 1 aliphatic heterocycles. The first-order chi connectivity index (χ1) is 5.35. The summed E-state index contributed by atoms with van der Waals surface area (Å²) in [5.41, 5.74) is 0. The second kappa shape index (κ2) is 7.98. The molecule has 0 aromatic rings. The van der Waals surface area contributed by atoms with Gasteiger partial charge in [-0.25, -0.2) is 4.89 Å². The average Bonchev–Trinajstić information content (AvgIpc) is 2.84. The van der Waals surface area contributed by atoms with Crippen LogP contribution in [-0.2, 0) is 9.62 Å². The van der Waals surface area contributed by atoms with Crippen LogP contribution >= 0.6 is 0 Å². The third-order valence-electron chi connectivity index (χ3n) is 1.45. The molecule has 1 saturated heterocycles. The number of hydrogen-bond acceptors (Lipinski definition) is 3. The Hall–Kier alpha value is -0.120. The third-order valence-corrected chi connectivity index (χ3v) is 1.45. The Balaban J connectivity index is 0.000000183. The summed E-state index contributed by atoms with van der Waals surface area (Å²) < 4.78 is 4.86. The first kappa shape index (κ1) is 10.9. The first-order valence-corrected chi connectivity index (χ1v) is 4.23. The topological polar surface area (TPSA) is 42.0 Å². The fraction of sp³-hybridized carbons (Fsp3) is 1.00. The second-order valence-corrected chi connectivity index (χ2v) is 2.55. The molecule has 0 spiro atoms. The standard InChI is InChI=1S/C4H10O2.C4H8O/c1-2-3-4-6-5;1-2-4-3-5-4/h5H,2-4H2,1H3;4H,2-3H2,1H3. The van der Waals surface area contributed by atoms with Crippen molar-refractivity contribution in [1.82, 2.24) is 0 Å². The molecule has 1 atom stereocenters. The van der Waals surface area contributed by atoms with Crippen LogP contribution in [0.5, 0.6) is 0 Å². The van der Waals surface area contributed by atoms with Gasteiger partial charge in [0.2, 0.25) is 0 Å². The smallest absolute Gasteiger partial charge is 0.0819 e. The highest BCUT2D eigenvalue weighted by molar-refractivity contribution is 4.64. The Morgan fingerprint density at radius 1 is 1.55 bits per heavy atom. The summed E-state index contributed by atoms with van der Waals surface area (Å²) in [5.74, 6) is 0. The van der Waals surface area contributed by atoms with Gasteiger partial charge in [-0.05, 0) is 12.8 Å². The van der Waals surface area contributed by atoms with Crippen molar-refractivity contribution in [3.8, 4) is 0 Å². The molecule has 1 unspecified atom stereocenters. The van der Waals surface area contributed by atoms with Gasteiger partial charge in [0.1, 0.15) is 0 Å². The Morgan fingerprint density at radius 3 is 2.27 bits per heavy atom. The van der Waals surface area contributed by atoms with Gasteiger partial charge in [0.15, 0.2) is 0 Å². The van der Waals surface area contributed by atoms with Crippen LogP contribution in [0, 0.1) is 0 Å². The van der Waals surface area contributed by atoms with E-state index >= 15 is 0 Å². The van der Waals surface area contributed by atoms with Crippen LogP contribution in [0.25, 0.3) is 0 Å². The van der Waals surface area contributed by atoms with Gasteiger partial charge in [-0.3, -0.25) is 5.26 Å². The van der Waals surface area contributed by atoms with Crippen molar-refractivity contribution in [1.29, 1.82) is 0 Å². The lowest BCUT2D eigenvalue weighted by atomic mass is 10.4. The minimum Gasteiger partial charge on any atom is -0.373 e. The molecule has 0 saturated carbocycles. The van der Waals surface area contributed by atoms with Crippen LogP contribution in [0.2, 0.25) is 0 Å². The molecule has 1 N–H and O–H groups in total. The van der Waals surface area contributed by atoms with Crippen molar-refractivity contribution in [3.05, 3.63) is 0 Å². The van der Waals surface area contributed by atoms with E-state index in [0.717, 1.165) is 19.4 Å². The van der Waals surface area contributed by atoms with Gasteiger partial charge >= 0.3 is 0 Å². The van der Waals surface area contributed by atoms with Crippen LogP contribution in [0.4, 0.5) is 0 Å². The molecule has 0 aromatic heterocycles. The molecule has 3 nitrogen and oxygen atoms in total. The van der Waals surface area contributed by atoms with Crippen molar-refractivity contribution in [2.24, 2.45) is 0 Å². The number of epoxide rings is 1. The van der Waals surface area contributed by atoms with Gasteiger partial charge in [-0.2, -0.15) is 0 Å². The molecule has 0 radical (unpaired) electrons. The highest BCUT2D eigenvalue weighted by Gasteiger charge is 2.18. The van der Waals surface area contributed by atoms with Crippen molar-refractivity contribution in [3.63, 3.8) is 0 Å². The molecule has 0 aliphatic carbocycles. The van der Waals surface area contributed by atoms with Crippen LogP contribution < -0.4 is 0 Å². The van der Waals surface area contributed by atoms with Crippen molar-refractivity contribution >= 4 is 0 Å². The van der Waals surface area contributed by atoms with E-state index in [2.05, 4.69) is 11.8 Å². The lowest BCUT2D eigenvalue weighted by molar-refractivity contribution is -0.242. The maximum Gasteiger partial charge on any atom is 0.0819 e. The van der Waals surface area contributed by atoms with E-state index in [1.54, 1.807) is 0 Å². The van der Waals surface area contributed by atoms with Gasteiger partial charge in [0, 0.05) is 0 Å². The molecule has 3 heteroatoms. The van der Waals surface area contributed by atoms with Crippen molar-refractivity contribution in [2.45, 2.75) is 39.2 Å². The molecular weight excluding hydrogens is 144 g/mol. The molecule has 11 heavy (non-hydrogen) atoms. The van der Waals surface area contributed by atoms with Crippen LogP contribution in [0.15, 0.2) is 0 Å². The van der Waals surface area contributed by atoms with E-state index < -0.39 is 0 Å². The van der Waals surface area contributed by atoms with E-state index in [-0.39, 0.29) is 0 Å². The fourth-order valence-corrected chi connectivity index (χ4v) is 0.513.